The van der Waals surface area contributed by atoms with E-state index in [1.807, 2.05) is 19.1 Å². The summed E-state index contributed by atoms with van der Waals surface area (Å²) in [6.45, 7) is 13.9. The third kappa shape index (κ3) is 4.02. The number of para-hydroxylation sites is 1. The number of rotatable bonds is 5. The minimum Gasteiger partial charge on any atom is -0.494 e. The molecule has 0 aliphatic heterocycles. The molecule has 0 saturated heterocycles. The first kappa shape index (κ1) is 15.0. The normalized spacial score (nSPS) is 15.2. The molecule has 1 aromatic carbocycles. The molecular weight excluding hydrogens is 222 g/mol. The molecule has 0 aliphatic rings. The third-order valence-corrected chi connectivity index (χ3v) is 3.48. The van der Waals surface area contributed by atoms with E-state index in [-0.39, 0.29) is 5.41 Å². The van der Waals surface area contributed by atoms with Crippen molar-refractivity contribution in [3.8, 4) is 5.75 Å². The lowest BCUT2D eigenvalue weighted by Crippen LogP contribution is -2.39. The maximum atomic E-state index is 5.69. The van der Waals surface area contributed by atoms with Crippen LogP contribution >= 0.6 is 0 Å². The zero-order valence-electron chi connectivity index (χ0n) is 12.6. The topological polar surface area (TPSA) is 21.3 Å². The minimum absolute atomic E-state index is 0.259. The molecule has 1 N–H and O–H groups in total. The van der Waals surface area contributed by atoms with Crippen LogP contribution in [-0.4, -0.2) is 12.6 Å². The molecule has 0 aromatic heterocycles. The van der Waals surface area contributed by atoms with E-state index in [0.29, 0.717) is 18.7 Å². The van der Waals surface area contributed by atoms with E-state index in [9.17, 15) is 0 Å². The quantitative estimate of drug-likeness (QED) is 0.845. The second-order valence-corrected chi connectivity index (χ2v) is 5.95. The Labute approximate surface area is 112 Å². The average molecular weight is 249 g/mol. The average Bonchev–Trinajstić information content (AvgIpc) is 2.28. The third-order valence-electron chi connectivity index (χ3n) is 3.48. The van der Waals surface area contributed by atoms with Crippen LogP contribution in [0.3, 0.4) is 0 Å². The van der Waals surface area contributed by atoms with Crippen molar-refractivity contribution in [1.82, 2.24) is 5.32 Å². The molecule has 1 aromatic rings. The summed E-state index contributed by atoms with van der Waals surface area (Å²) in [5, 5.41) is 3.65. The zero-order chi connectivity index (χ0) is 13.8. The smallest absolute Gasteiger partial charge is 0.124 e. The fourth-order valence-electron chi connectivity index (χ4n) is 1.84. The summed E-state index contributed by atoms with van der Waals surface area (Å²) in [4.78, 5) is 0. The van der Waals surface area contributed by atoms with Crippen LogP contribution in [0.1, 0.15) is 53.1 Å². The molecule has 0 spiro atoms. The molecular formula is C16H27NO. The maximum Gasteiger partial charge on any atom is 0.124 e. The van der Waals surface area contributed by atoms with Gasteiger partial charge in [0.25, 0.3) is 0 Å². The lowest BCUT2D eigenvalue weighted by atomic mass is 9.87. The van der Waals surface area contributed by atoms with Crippen LogP contribution < -0.4 is 10.1 Å². The Morgan fingerprint density at radius 3 is 2.33 bits per heavy atom. The fraction of sp³-hybridized carbons (Fsp3) is 0.625. The highest BCUT2D eigenvalue weighted by Crippen LogP contribution is 2.27. The van der Waals surface area contributed by atoms with Crippen LogP contribution in [0.2, 0.25) is 0 Å². The van der Waals surface area contributed by atoms with Gasteiger partial charge in [0.2, 0.25) is 0 Å². The Hall–Kier alpha value is -1.02. The second kappa shape index (κ2) is 6.24. The number of hydrogen-bond acceptors (Lipinski definition) is 2. The highest BCUT2D eigenvalue weighted by atomic mass is 16.5. The molecule has 1 rings (SSSR count). The SMILES string of the molecule is CCOc1ccccc1C(C)NC(C)C(C)(C)C. The van der Waals surface area contributed by atoms with Crippen LogP contribution in [0, 0.1) is 5.41 Å². The van der Waals surface area contributed by atoms with Crippen LogP contribution in [0.15, 0.2) is 24.3 Å². The standard InChI is InChI=1S/C16H27NO/c1-7-18-15-11-9-8-10-14(15)12(2)17-13(3)16(4,5)6/h8-13,17H,7H2,1-6H3. The van der Waals surface area contributed by atoms with Crippen molar-refractivity contribution in [1.29, 1.82) is 0 Å². The summed E-state index contributed by atoms with van der Waals surface area (Å²) in [5.41, 5.74) is 1.49. The molecule has 0 radical (unpaired) electrons. The zero-order valence-corrected chi connectivity index (χ0v) is 12.6. The monoisotopic (exact) mass is 249 g/mol. The molecule has 102 valence electrons. The van der Waals surface area contributed by atoms with E-state index in [4.69, 9.17) is 4.74 Å². The molecule has 0 aliphatic carbocycles. The highest BCUT2D eigenvalue weighted by molar-refractivity contribution is 5.35. The Morgan fingerprint density at radius 2 is 1.78 bits per heavy atom. The van der Waals surface area contributed by atoms with Gasteiger partial charge in [0.05, 0.1) is 6.61 Å². The lowest BCUT2D eigenvalue weighted by Gasteiger charge is -2.31. The van der Waals surface area contributed by atoms with Crippen molar-refractivity contribution in [3.05, 3.63) is 29.8 Å². The highest BCUT2D eigenvalue weighted by Gasteiger charge is 2.22. The van der Waals surface area contributed by atoms with Gasteiger partial charge in [0, 0.05) is 17.6 Å². The van der Waals surface area contributed by atoms with Crippen molar-refractivity contribution in [2.24, 2.45) is 5.41 Å². The van der Waals surface area contributed by atoms with E-state index < -0.39 is 0 Å². The van der Waals surface area contributed by atoms with Crippen molar-refractivity contribution < 1.29 is 4.74 Å². The molecule has 2 unspecified atom stereocenters. The molecule has 2 atom stereocenters. The van der Waals surface area contributed by atoms with Crippen LogP contribution in [-0.2, 0) is 0 Å². The Balaban J connectivity index is 2.81. The summed E-state index contributed by atoms with van der Waals surface area (Å²) < 4.78 is 5.69. The van der Waals surface area contributed by atoms with Crippen LogP contribution in [0.25, 0.3) is 0 Å². The van der Waals surface area contributed by atoms with E-state index in [0.717, 1.165) is 5.75 Å². The maximum absolute atomic E-state index is 5.69. The summed E-state index contributed by atoms with van der Waals surface area (Å²) in [6, 6.07) is 9.01. The van der Waals surface area contributed by atoms with Gasteiger partial charge in [-0.2, -0.15) is 0 Å². The van der Waals surface area contributed by atoms with Crippen molar-refractivity contribution in [2.45, 2.75) is 53.6 Å². The Bertz CT molecular complexity index is 368. The van der Waals surface area contributed by atoms with E-state index in [1.165, 1.54) is 5.56 Å². The lowest BCUT2D eigenvalue weighted by molar-refractivity contribution is 0.264. The molecule has 0 fully saturated rings. The molecule has 18 heavy (non-hydrogen) atoms. The Kier molecular flexibility index (Phi) is 5.21. The van der Waals surface area contributed by atoms with E-state index in [2.05, 4.69) is 52.1 Å². The summed E-state index contributed by atoms with van der Waals surface area (Å²) in [6.07, 6.45) is 0. The number of benzene rings is 1. The van der Waals surface area contributed by atoms with Gasteiger partial charge in [-0.05, 0) is 32.3 Å². The van der Waals surface area contributed by atoms with Gasteiger partial charge in [0.15, 0.2) is 0 Å². The van der Waals surface area contributed by atoms with Crippen molar-refractivity contribution in [2.75, 3.05) is 6.61 Å². The molecule has 2 heteroatoms. The fourth-order valence-corrected chi connectivity index (χ4v) is 1.84. The number of hydrogen-bond donors (Lipinski definition) is 1. The van der Waals surface area contributed by atoms with Crippen molar-refractivity contribution in [3.63, 3.8) is 0 Å². The minimum atomic E-state index is 0.259. The van der Waals surface area contributed by atoms with Crippen LogP contribution in [0.5, 0.6) is 5.75 Å². The van der Waals surface area contributed by atoms with Gasteiger partial charge in [0.1, 0.15) is 5.75 Å². The summed E-state index contributed by atoms with van der Waals surface area (Å²) in [7, 11) is 0. The first-order chi connectivity index (χ1) is 8.36. The summed E-state index contributed by atoms with van der Waals surface area (Å²) >= 11 is 0. The van der Waals surface area contributed by atoms with Crippen molar-refractivity contribution >= 4 is 0 Å². The van der Waals surface area contributed by atoms with Gasteiger partial charge in [-0.15, -0.1) is 0 Å². The summed E-state index contributed by atoms with van der Waals surface area (Å²) in [5.74, 6) is 0.987. The molecule has 0 amide bonds. The molecule has 0 saturated carbocycles. The largest absolute Gasteiger partial charge is 0.494 e. The first-order valence-electron chi connectivity index (χ1n) is 6.84. The molecule has 0 heterocycles. The number of nitrogens with one attached hydrogen (secondary N) is 1. The molecule has 2 nitrogen and oxygen atoms in total. The van der Waals surface area contributed by atoms with Crippen LogP contribution in [0.4, 0.5) is 0 Å². The van der Waals surface area contributed by atoms with E-state index in [1.54, 1.807) is 0 Å². The van der Waals surface area contributed by atoms with Gasteiger partial charge < -0.3 is 10.1 Å². The van der Waals surface area contributed by atoms with E-state index >= 15 is 0 Å². The molecule has 0 bridgehead atoms. The first-order valence-corrected chi connectivity index (χ1v) is 6.84. The van der Waals surface area contributed by atoms with Gasteiger partial charge in [-0.3, -0.25) is 0 Å². The van der Waals surface area contributed by atoms with Gasteiger partial charge >= 0.3 is 0 Å². The number of ether oxygens (including phenoxy) is 1. The van der Waals surface area contributed by atoms with Gasteiger partial charge in [-0.1, -0.05) is 39.0 Å². The van der Waals surface area contributed by atoms with Gasteiger partial charge in [-0.25, -0.2) is 0 Å². The predicted octanol–water partition coefficient (Wildman–Crippen LogP) is 4.17. The predicted molar refractivity (Wildman–Crippen MR) is 78.1 cm³/mol. The Morgan fingerprint density at radius 1 is 1.17 bits per heavy atom. The second-order valence-electron chi connectivity index (χ2n) is 5.95.